The van der Waals surface area contributed by atoms with Gasteiger partial charge in [-0.05, 0) is 81.3 Å². The third-order valence-corrected chi connectivity index (χ3v) is 11.3. The van der Waals surface area contributed by atoms with Crippen molar-refractivity contribution in [1.82, 2.24) is 4.90 Å². The molecule has 3 aliphatic rings. The van der Waals surface area contributed by atoms with Gasteiger partial charge in [0.05, 0.1) is 23.2 Å². The highest BCUT2D eigenvalue weighted by molar-refractivity contribution is 8.02. The number of likely N-dealkylation sites (tertiary alicyclic amines) is 1. The first kappa shape index (κ1) is 30.4. The summed E-state index contributed by atoms with van der Waals surface area (Å²) in [5, 5.41) is 15.4. The van der Waals surface area contributed by atoms with Gasteiger partial charge in [-0.3, -0.25) is 14.4 Å². The Bertz CT molecular complexity index is 1300. The average molecular weight is 594 g/mol. The number of para-hydroxylation sites is 1. The zero-order valence-electron chi connectivity index (χ0n) is 25.0. The minimum atomic E-state index is -0.672. The average Bonchev–Trinajstić information content (AvgIpc) is 3.55. The Morgan fingerprint density at radius 1 is 1.02 bits per heavy atom. The van der Waals surface area contributed by atoms with Crippen molar-refractivity contribution in [2.24, 2.45) is 17.8 Å². The van der Waals surface area contributed by atoms with Crippen LogP contribution in [0, 0.1) is 31.6 Å². The van der Waals surface area contributed by atoms with Crippen LogP contribution in [0.4, 0.5) is 11.4 Å². The minimum absolute atomic E-state index is 0.0288. The van der Waals surface area contributed by atoms with Crippen LogP contribution in [0.3, 0.4) is 0 Å². The number of fused-ring (bicyclic) bond motifs is 1. The van der Waals surface area contributed by atoms with Crippen LogP contribution in [0.5, 0.6) is 5.75 Å². The number of hydrogen-bond donors (Lipinski definition) is 3. The summed E-state index contributed by atoms with van der Waals surface area (Å²) in [7, 11) is 0. The van der Waals surface area contributed by atoms with E-state index in [-0.39, 0.29) is 35.5 Å². The molecule has 3 unspecified atom stereocenters. The van der Waals surface area contributed by atoms with E-state index in [2.05, 4.69) is 17.6 Å². The Morgan fingerprint density at radius 2 is 1.71 bits per heavy atom. The van der Waals surface area contributed by atoms with Crippen molar-refractivity contribution >= 4 is 40.9 Å². The van der Waals surface area contributed by atoms with E-state index < -0.39 is 22.6 Å². The Balaban J connectivity index is 1.44. The van der Waals surface area contributed by atoms with Gasteiger partial charge in [-0.15, -0.1) is 11.8 Å². The molecule has 42 heavy (non-hydrogen) atoms. The van der Waals surface area contributed by atoms with Crippen LogP contribution in [-0.4, -0.2) is 63.5 Å². The van der Waals surface area contributed by atoms with Gasteiger partial charge >= 0.3 is 0 Å². The van der Waals surface area contributed by atoms with E-state index in [1.165, 1.54) is 0 Å². The van der Waals surface area contributed by atoms with Gasteiger partial charge in [0, 0.05) is 29.8 Å². The third kappa shape index (κ3) is 5.41. The monoisotopic (exact) mass is 593 g/mol. The highest BCUT2D eigenvalue weighted by atomic mass is 32.2. The molecule has 3 amide bonds. The van der Waals surface area contributed by atoms with Crippen molar-refractivity contribution < 1.29 is 24.2 Å². The van der Waals surface area contributed by atoms with Gasteiger partial charge in [-0.25, -0.2) is 0 Å². The van der Waals surface area contributed by atoms with E-state index in [1.807, 2.05) is 63.2 Å². The van der Waals surface area contributed by atoms with Crippen LogP contribution >= 0.6 is 11.8 Å². The first-order valence-electron chi connectivity index (χ1n) is 15.2. The SMILES string of the molecule is CCOc1ccc(NC(=O)[C@@H]2[C@H]3C(=O)N(CCCCCCO)C(C(=O)Nc4c(C)cccc4C)C34S[C@@H]2CC4C)cc1. The molecule has 2 bridgehead atoms. The lowest BCUT2D eigenvalue weighted by atomic mass is 9.66. The lowest BCUT2D eigenvalue weighted by Crippen LogP contribution is -2.55. The Morgan fingerprint density at radius 3 is 2.38 bits per heavy atom. The fraction of sp³-hybridized carbons (Fsp3) is 0.545. The van der Waals surface area contributed by atoms with Crippen LogP contribution in [0.1, 0.15) is 57.1 Å². The number of carbonyl (C=O) groups excluding carboxylic acids is 3. The molecule has 3 saturated heterocycles. The second-order valence-electron chi connectivity index (χ2n) is 11.9. The summed E-state index contributed by atoms with van der Waals surface area (Å²) in [5.41, 5.74) is 3.39. The maximum absolute atomic E-state index is 14.3. The maximum Gasteiger partial charge on any atom is 0.248 e. The number of hydrogen-bond acceptors (Lipinski definition) is 6. The largest absolute Gasteiger partial charge is 0.494 e. The molecule has 226 valence electrons. The second kappa shape index (κ2) is 12.7. The zero-order chi connectivity index (χ0) is 30.0. The maximum atomic E-state index is 14.3. The predicted octanol–water partition coefficient (Wildman–Crippen LogP) is 5.17. The molecule has 3 aliphatic heterocycles. The second-order valence-corrected chi connectivity index (χ2v) is 13.5. The van der Waals surface area contributed by atoms with Gasteiger partial charge in [0.1, 0.15) is 11.8 Å². The number of aryl methyl sites for hydroxylation is 2. The normalized spacial score (nSPS) is 27.7. The van der Waals surface area contributed by atoms with Crippen molar-refractivity contribution in [3.8, 4) is 5.75 Å². The van der Waals surface area contributed by atoms with Gasteiger partial charge in [-0.2, -0.15) is 0 Å². The molecular formula is C33H43N3O5S. The molecule has 2 aromatic rings. The Hall–Kier alpha value is -3.04. The van der Waals surface area contributed by atoms with Gasteiger partial charge in [0.15, 0.2) is 0 Å². The van der Waals surface area contributed by atoms with Crippen LogP contribution in [0.25, 0.3) is 0 Å². The number of rotatable bonds is 12. The van der Waals surface area contributed by atoms with Gasteiger partial charge in [0.25, 0.3) is 0 Å². The van der Waals surface area contributed by atoms with E-state index in [9.17, 15) is 19.5 Å². The van der Waals surface area contributed by atoms with Crippen molar-refractivity contribution in [3.63, 3.8) is 0 Å². The summed E-state index contributed by atoms with van der Waals surface area (Å²) in [6.45, 7) is 9.18. The Labute approximate surface area is 253 Å². The minimum Gasteiger partial charge on any atom is -0.494 e. The third-order valence-electron chi connectivity index (χ3n) is 9.27. The lowest BCUT2D eigenvalue weighted by molar-refractivity contribution is -0.138. The quantitative estimate of drug-likeness (QED) is 0.293. The van der Waals surface area contributed by atoms with Crippen molar-refractivity contribution in [3.05, 3.63) is 53.6 Å². The van der Waals surface area contributed by atoms with Crippen molar-refractivity contribution in [2.45, 2.75) is 75.8 Å². The van der Waals surface area contributed by atoms with Crippen LogP contribution < -0.4 is 15.4 Å². The van der Waals surface area contributed by atoms with Crippen LogP contribution in [0.15, 0.2) is 42.5 Å². The molecule has 3 fully saturated rings. The summed E-state index contributed by atoms with van der Waals surface area (Å²) < 4.78 is 4.86. The van der Waals surface area contributed by atoms with E-state index in [0.717, 1.165) is 54.7 Å². The predicted molar refractivity (Wildman–Crippen MR) is 167 cm³/mol. The number of ether oxygens (including phenoxy) is 1. The first-order chi connectivity index (χ1) is 20.2. The highest BCUT2D eigenvalue weighted by Gasteiger charge is 2.75. The molecule has 8 nitrogen and oxygen atoms in total. The fourth-order valence-corrected chi connectivity index (χ4v) is 9.76. The molecule has 0 saturated carbocycles. The molecule has 2 aromatic carbocycles. The smallest absolute Gasteiger partial charge is 0.248 e. The summed E-state index contributed by atoms with van der Waals surface area (Å²) in [5.74, 6) is -0.674. The molecule has 0 aromatic heterocycles. The number of nitrogens with one attached hydrogen (secondary N) is 2. The number of thioether (sulfide) groups is 1. The number of unbranched alkanes of at least 4 members (excludes halogenated alkanes) is 3. The number of aliphatic hydroxyl groups excluding tert-OH is 1. The van der Waals surface area contributed by atoms with Gasteiger partial charge in [0.2, 0.25) is 17.7 Å². The summed E-state index contributed by atoms with van der Waals surface area (Å²) in [6, 6.07) is 12.5. The van der Waals surface area contributed by atoms with E-state index in [1.54, 1.807) is 16.7 Å². The standard InChI is InChI=1S/C33H43N3O5S/c1-5-41-24-15-13-23(14-16-24)34-30(38)26-25-19-22(4)33(42-25)27(26)32(40)36(17-8-6-7-9-18-37)29(33)31(39)35-28-20(2)11-10-12-21(28)3/h10-16,22,25-27,29,37H,5-9,17-19H2,1-4H3,(H,34,38)(H,35,39)/t22?,25-,26+,27+,29?,33?/m1/s1. The summed E-state index contributed by atoms with van der Waals surface area (Å²) in [6.07, 6.45) is 3.98. The van der Waals surface area contributed by atoms with E-state index in [0.29, 0.717) is 18.8 Å². The summed E-state index contributed by atoms with van der Waals surface area (Å²) >= 11 is 1.69. The molecule has 6 atom stereocenters. The number of aliphatic hydroxyl groups is 1. The molecule has 0 aliphatic carbocycles. The van der Waals surface area contributed by atoms with E-state index >= 15 is 0 Å². The van der Waals surface area contributed by atoms with Gasteiger partial charge in [-0.1, -0.05) is 38.0 Å². The summed E-state index contributed by atoms with van der Waals surface area (Å²) in [4.78, 5) is 44.2. The van der Waals surface area contributed by atoms with Crippen molar-refractivity contribution in [1.29, 1.82) is 0 Å². The molecule has 1 spiro atoms. The zero-order valence-corrected chi connectivity index (χ0v) is 25.8. The van der Waals surface area contributed by atoms with Gasteiger partial charge < -0.3 is 25.4 Å². The topological polar surface area (TPSA) is 108 Å². The molecule has 3 heterocycles. The molecule has 3 N–H and O–H groups in total. The molecule has 9 heteroatoms. The molecule has 5 rings (SSSR count). The van der Waals surface area contributed by atoms with Crippen LogP contribution in [-0.2, 0) is 14.4 Å². The number of anilines is 2. The van der Waals surface area contributed by atoms with Crippen LogP contribution in [0.2, 0.25) is 0 Å². The first-order valence-corrected chi connectivity index (χ1v) is 16.1. The number of amides is 3. The van der Waals surface area contributed by atoms with E-state index in [4.69, 9.17) is 4.74 Å². The fourth-order valence-electron chi connectivity index (χ4n) is 7.34. The Kier molecular flexibility index (Phi) is 9.18. The molecular weight excluding hydrogens is 550 g/mol. The number of benzene rings is 2. The highest BCUT2D eigenvalue weighted by Crippen LogP contribution is 2.68. The van der Waals surface area contributed by atoms with Crippen molar-refractivity contribution in [2.75, 3.05) is 30.4 Å². The number of carbonyl (C=O) groups is 3. The molecule has 0 radical (unpaired) electrons. The number of nitrogens with zero attached hydrogens (tertiary/aromatic N) is 1. The lowest BCUT2D eigenvalue weighted by Gasteiger charge is -2.38.